The van der Waals surface area contributed by atoms with Gasteiger partial charge in [0.2, 0.25) is 0 Å². The number of H-pyrrole nitrogens is 1. The van der Waals surface area contributed by atoms with E-state index in [0.717, 1.165) is 47.2 Å². The van der Waals surface area contributed by atoms with Crippen LogP contribution in [0.3, 0.4) is 0 Å². The van der Waals surface area contributed by atoms with Crippen molar-refractivity contribution in [3.63, 3.8) is 0 Å². The predicted octanol–water partition coefficient (Wildman–Crippen LogP) is 3.23. The topological polar surface area (TPSA) is 114 Å². The quantitative estimate of drug-likeness (QED) is 0.526. The molecule has 180 valence electrons. The number of ether oxygens (including phenoxy) is 1. The van der Waals surface area contributed by atoms with Crippen LogP contribution in [0.15, 0.2) is 42.7 Å². The first-order chi connectivity index (χ1) is 17.0. The van der Waals surface area contributed by atoms with E-state index >= 15 is 0 Å². The average Bonchev–Trinajstić information content (AvgIpc) is 3.33. The third kappa shape index (κ3) is 4.78. The third-order valence-electron chi connectivity index (χ3n) is 6.78. The maximum atomic E-state index is 12.0. The summed E-state index contributed by atoms with van der Waals surface area (Å²) in [7, 11) is 0. The maximum absolute atomic E-state index is 12.0. The molecule has 2 aliphatic heterocycles. The molecule has 3 N–H and O–H groups in total. The molecule has 4 heterocycles. The number of amides is 1. The van der Waals surface area contributed by atoms with Gasteiger partial charge in [0.25, 0.3) is 5.91 Å². The second-order valence-electron chi connectivity index (χ2n) is 9.15. The fourth-order valence-corrected chi connectivity index (χ4v) is 4.83. The molecule has 1 atom stereocenters. The Hall–Kier alpha value is -3.67. The van der Waals surface area contributed by atoms with Crippen LogP contribution in [0, 0.1) is 11.3 Å². The minimum atomic E-state index is -0.989. The Labute approximate surface area is 204 Å². The number of nitriles is 1. The summed E-state index contributed by atoms with van der Waals surface area (Å²) in [5.41, 5.74) is 5.64. The zero-order valence-corrected chi connectivity index (χ0v) is 19.8. The third-order valence-corrected chi connectivity index (χ3v) is 6.78. The van der Waals surface area contributed by atoms with E-state index in [1.807, 2.05) is 30.6 Å². The number of nitrogens with one attached hydrogen (secondary N) is 2. The fraction of sp³-hybridized carbons (Fsp3) is 0.370. The molecule has 1 fully saturated rings. The Bertz CT molecular complexity index is 1310. The van der Waals surface area contributed by atoms with Crippen LogP contribution in [0.2, 0.25) is 0 Å². The summed E-state index contributed by atoms with van der Waals surface area (Å²) in [4.78, 5) is 21.5. The molecule has 0 radical (unpaired) electrons. The number of fused-ring (bicyclic) bond motifs is 1. The van der Waals surface area contributed by atoms with Gasteiger partial charge in [-0.05, 0) is 54.8 Å². The Kier molecular flexibility index (Phi) is 6.53. The number of aromatic nitrogens is 2. The van der Waals surface area contributed by atoms with Crippen LogP contribution >= 0.6 is 0 Å². The van der Waals surface area contributed by atoms with E-state index in [1.54, 1.807) is 4.90 Å². The van der Waals surface area contributed by atoms with Crippen LogP contribution in [0.5, 0.6) is 5.75 Å². The molecular formula is C27H29N5O3. The number of pyridine rings is 1. The first-order valence-corrected chi connectivity index (χ1v) is 12.1. The largest absolute Gasteiger partial charge is 0.489 e. The number of benzene rings is 1. The van der Waals surface area contributed by atoms with Crippen LogP contribution in [-0.2, 0) is 4.79 Å². The molecule has 2 aromatic heterocycles. The van der Waals surface area contributed by atoms with Gasteiger partial charge in [0.15, 0.2) is 0 Å². The minimum absolute atomic E-state index is 0.0795. The number of piperidine rings is 1. The molecular weight excluding hydrogens is 442 g/mol. The number of hydrogen-bond acceptors (Lipinski definition) is 6. The lowest BCUT2D eigenvalue weighted by Gasteiger charge is -2.33. The van der Waals surface area contributed by atoms with E-state index in [1.165, 1.54) is 12.5 Å². The van der Waals surface area contributed by atoms with E-state index in [-0.39, 0.29) is 12.0 Å². The van der Waals surface area contributed by atoms with Crippen molar-refractivity contribution < 1.29 is 14.6 Å². The highest BCUT2D eigenvalue weighted by Gasteiger charge is 2.26. The maximum Gasteiger partial charge on any atom is 0.251 e. The molecule has 5 rings (SSSR count). The van der Waals surface area contributed by atoms with Gasteiger partial charge in [0.1, 0.15) is 29.7 Å². The molecule has 2 aliphatic rings. The molecule has 1 aromatic carbocycles. The molecule has 35 heavy (non-hydrogen) atoms. The lowest BCUT2D eigenvalue weighted by Crippen LogP contribution is -2.45. The molecule has 0 aliphatic carbocycles. The Morgan fingerprint density at radius 3 is 2.83 bits per heavy atom. The SMILES string of the molecule is C[C@H](O)C(=O)N1CCC(Oc2ccc(-c3c[nH]c4ncc(C5=CCNCC5)cc34)cc2C#N)CC1. The number of likely N-dealkylation sites (tertiary alicyclic amines) is 1. The van der Waals surface area contributed by atoms with Gasteiger partial charge in [-0.3, -0.25) is 4.79 Å². The number of nitrogens with zero attached hydrogens (tertiary/aromatic N) is 3. The summed E-state index contributed by atoms with van der Waals surface area (Å²) in [5, 5.41) is 23.7. The van der Waals surface area contributed by atoms with Crippen LogP contribution in [0.25, 0.3) is 27.7 Å². The Morgan fingerprint density at radius 2 is 2.11 bits per heavy atom. The number of hydrogen-bond donors (Lipinski definition) is 3. The lowest BCUT2D eigenvalue weighted by atomic mass is 9.98. The lowest BCUT2D eigenvalue weighted by molar-refractivity contribution is -0.141. The summed E-state index contributed by atoms with van der Waals surface area (Å²) in [5.74, 6) is 0.299. The zero-order chi connectivity index (χ0) is 24.4. The van der Waals surface area contributed by atoms with E-state index in [0.29, 0.717) is 37.2 Å². The van der Waals surface area contributed by atoms with Crippen molar-refractivity contribution in [1.82, 2.24) is 20.2 Å². The van der Waals surface area contributed by atoms with Crippen molar-refractivity contribution in [3.8, 4) is 22.9 Å². The summed E-state index contributed by atoms with van der Waals surface area (Å²) in [6, 6.07) is 10.1. The predicted molar refractivity (Wildman–Crippen MR) is 134 cm³/mol. The van der Waals surface area contributed by atoms with Gasteiger partial charge in [-0.25, -0.2) is 4.98 Å². The van der Waals surface area contributed by atoms with Gasteiger partial charge in [-0.15, -0.1) is 0 Å². The molecule has 0 unspecified atom stereocenters. The highest BCUT2D eigenvalue weighted by molar-refractivity contribution is 5.95. The summed E-state index contributed by atoms with van der Waals surface area (Å²) >= 11 is 0. The highest BCUT2D eigenvalue weighted by atomic mass is 16.5. The van der Waals surface area contributed by atoms with Crippen molar-refractivity contribution in [3.05, 3.63) is 53.9 Å². The number of rotatable bonds is 5. The molecule has 1 amide bonds. The van der Waals surface area contributed by atoms with Crippen LogP contribution in [0.1, 0.15) is 37.3 Å². The molecule has 1 saturated heterocycles. The van der Waals surface area contributed by atoms with E-state index < -0.39 is 6.10 Å². The van der Waals surface area contributed by atoms with Crippen molar-refractivity contribution in [2.45, 2.75) is 38.4 Å². The molecule has 0 spiro atoms. The normalized spacial score (nSPS) is 17.6. The van der Waals surface area contributed by atoms with Crippen molar-refractivity contribution in [2.75, 3.05) is 26.2 Å². The second-order valence-corrected chi connectivity index (χ2v) is 9.15. The first kappa shape index (κ1) is 23.1. The molecule has 0 bridgehead atoms. The number of aliphatic hydroxyl groups excluding tert-OH is 1. The van der Waals surface area contributed by atoms with E-state index in [2.05, 4.69) is 33.5 Å². The van der Waals surface area contributed by atoms with Gasteiger partial charge in [0, 0.05) is 55.8 Å². The summed E-state index contributed by atoms with van der Waals surface area (Å²) in [6.45, 7) is 4.39. The van der Waals surface area contributed by atoms with Crippen molar-refractivity contribution in [1.29, 1.82) is 5.26 Å². The van der Waals surface area contributed by atoms with Gasteiger partial charge in [-0.1, -0.05) is 12.1 Å². The number of carbonyl (C=O) groups excluding carboxylic acids is 1. The standard InChI is InChI=1S/C27H29N5O3/c1-17(33)27(34)32-10-6-22(7-11-32)35-25-3-2-19(12-20(25)14-28)24-16-31-26-23(24)13-21(15-30-26)18-4-8-29-9-5-18/h2-4,12-13,15-17,22,29,33H,5-11H2,1H3,(H,30,31)/t17-/m0/s1. The molecule has 0 saturated carbocycles. The van der Waals surface area contributed by atoms with Gasteiger partial charge in [0.05, 0.1) is 5.56 Å². The van der Waals surface area contributed by atoms with Crippen molar-refractivity contribution in [2.24, 2.45) is 0 Å². The fourth-order valence-electron chi connectivity index (χ4n) is 4.83. The molecule has 3 aromatic rings. The summed E-state index contributed by atoms with van der Waals surface area (Å²) < 4.78 is 6.17. The zero-order valence-electron chi connectivity index (χ0n) is 19.8. The average molecular weight is 472 g/mol. The van der Waals surface area contributed by atoms with Crippen molar-refractivity contribution >= 4 is 22.5 Å². The number of carbonyl (C=O) groups is 1. The Balaban J connectivity index is 1.36. The highest BCUT2D eigenvalue weighted by Crippen LogP contribution is 2.34. The molecule has 8 nitrogen and oxygen atoms in total. The van der Waals surface area contributed by atoms with E-state index in [9.17, 15) is 15.2 Å². The van der Waals surface area contributed by atoms with Gasteiger partial charge < -0.3 is 25.0 Å². The smallest absolute Gasteiger partial charge is 0.251 e. The van der Waals surface area contributed by atoms with Gasteiger partial charge >= 0.3 is 0 Å². The first-order valence-electron chi connectivity index (χ1n) is 12.1. The minimum Gasteiger partial charge on any atom is -0.489 e. The van der Waals surface area contributed by atoms with Crippen LogP contribution in [0.4, 0.5) is 0 Å². The van der Waals surface area contributed by atoms with E-state index in [4.69, 9.17) is 4.74 Å². The monoisotopic (exact) mass is 471 g/mol. The second kappa shape index (κ2) is 9.90. The summed E-state index contributed by atoms with van der Waals surface area (Å²) in [6.07, 6.45) is 7.29. The molecule has 8 heteroatoms. The van der Waals surface area contributed by atoms with Crippen LogP contribution in [-0.4, -0.2) is 64.3 Å². The Morgan fingerprint density at radius 1 is 1.29 bits per heavy atom. The van der Waals surface area contributed by atoms with Gasteiger partial charge in [-0.2, -0.15) is 5.26 Å². The van der Waals surface area contributed by atoms with Crippen LogP contribution < -0.4 is 10.1 Å². The number of aliphatic hydroxyl groups is 1. The number of aromatic amines is 1.